The summed E-state index contributed by atoms with van der Waals surface area (Å²) < 4.78 is 0. The highest BCUT2D eigenvalue weighted by atomic mass is 16.4. The molecule has 1 aliphatic rings. The quantitative estimate of drug-likeness (QED) is 0.712. The number of hydrogen-bond donors (Lipinski definition) is 3. The average Bonchev–Trinajstić information content (AvgIpc) is 2.83. The van der Waals surface area contributed by atoms with Crippen LogP contribution in [0.25, 0.3) is 0 Å². The van der Waals surface area contributed by atoms with E-state index in [0.29, 0.717) is 5.92 Å². The predicted molar refractivity (Wildman–Crippen MR) is 59.8 cm³/mol. The van der Waals surface area contributed by atoms with Crippen molar-refractivity contribution in [3.05, 3.63) is 17.7 Å². The molecule has 1 aliphatic carbocycles. The van der Waals surface area contributed by atoms with E-state index in [1.54, 1.807) is 0 Å². The summed E-state index contributed by atoms with van der Waals surface area (Å²) >= 11 is 0. The monoisotopic (exact) mass is 237 g/mol. The van der Waals surface area contributed by atoms with E-state index in [1.807, 2.05) is 0 Å². The van der Waals surface area contributed by atoms with Crippen molar-refractivity contribution in [3.8, 4) is 0 Å². The summed E-state index contributed by atoms with van der Waals surface area (Å²) in [7, 11) is 0. The van der Waals surface area contributed by atoms with E-state index < -0.39 is 11.9 Å². The third-order valence-electron chi connectivity index (χ3n) is 2.97. The standard InChI is InChI=1S/C11H15N3O3/c1-2-3-6-4-7(6)14-10(15)8-9(11(16)17)13-5-12-8/h5-7H,2-4H2,1H3,(H,12,13)(H,14,15)(H,16,17). The van der Waals surface area contributed by atoms with Crippen LogP contribution in [-0.4, -0.2) is 33.0 Å². The highest BCUT2D eigenvalue weighted by Gasteiger charge is 2.38. The average molecular weight is 237 g/mol. The summed E-state index contributed by atoms with van der Waals surface area (Å²) in [4.78, 5) is 28.8. The maximum absolute atomic E-state index is 11.8. The fourth-order valence-corrected chi connectivity index (χ4v) is 1.98. The van der Waals surface area contributed by atoms with E-state index in [-0.39, 0.29) is 17.4 Å². The summed E-state index contributed by atoms with van der Waals surface area (Å²) in [6.45, 7) is 2.10. The van der Waals surface area contributed by atoms with Gasteiger partial charge in [0.2, 0.25) is 0 Å². The molecule has 1 aromatic heterocycles. The molecule has 0 spiro atoms. The Hall–Kier alpha value is -1.85. The lowest BCUT2D eigenvalue weighted by molar-refractivity contribution is 0.0685. The molecule has 1 fully saturated rings. The van der Waals surface area contributed by atoms with Gasteiger partial charge in [-0.3, -0.25) is 4.79 Å². The predicted octanol–water partition coefficient (Wildman–Crippen LogP) is 1.03. The lowest BCUT2D eigenvalue weighted by Crippen LogP contribution is -2.28. The van der Waals surface area contributed by atoms with E-state index in [0.717, 1.165) is 19.3 Å². The van der Waals surface area contributed by atoms with Crippen molar-refractivity contribution < 1.29 is 14.7 Å². The molecule has 2 atom stereocenters. The molecule has 2 rings (SSSR count). The molecule has 3 N–H and O–H groups in total. The number of nitrogens with zero attached hydrogens (tertiary/aromatic N) is 1. The Morgan fingerprint density at radius 1 is 1.65 bits per heavy atom. The van der Waals surface area contributed by atoms with Crippen LogP contribution in [-0.2, 0) is 0 Å². The number of aromatic nitrogens is 2. The van der Waals surface area contributed by atoms with E-state index in [1.165, 1.54) is 6.33 Å². The number of rotatable bonds is 5. The number of aromatic amines is 1. The van der Waals surface area contributed by atoms with E-state index in [9.17, 15) is 9.59 Å². The molecule has 6 heteroatoms. The Labute approximate surface area is 98.4 Å². The zero-order valence-electron chi connectivity index (χ0n) is 9.56. The molecule has 1 aromatic rings. The van der Waals surface area contributed by atoms with Gasteiger partial charge in [0.15, 0.2) is 11.4 Å². The highest BCUT2D eigenvalue weighted by Crippen LogP contribution is 2.34. The molecule has 0 aromatic carbocycles. The number of nitrogens with one attached hydrogen (secondary N) is 2. The van der Waals surface area contributed by atoms with E-state index in [4.69, 9.17) is 5.11 Å². The van der Waals surface area contributed by atoms with Crippen molar-refractivity contribution in [2.75, 3.05) is 0 Å². The molecular formula is C11H15N3O3. The van der Waals surface area contributed by atoms with Crippen molar-refractivity contribution in [2.45, 2.75) is 32.2 Å². The van der Waals surface area contributed by atoms with E-state index in [2.05, 4.69) is 22.2 Å². The fourth-order valence-electron chi connectivity index (χ4n) is 1.98. The van der Waals surface area contributed by atoms with Gasteiger partial charge in [0, 0.05) is 6.04 Å². The number of imidazole rings is 1. The van der Waals surface area contributed by atoms with Crippen molar-refractivity contribution in [1.29, 1.82) is 0 Å². The second kappa shape index (κ2) is 4.57. The van der Waals surface area contributed by atoms with Crippen LogP contribution in [0.5, 0.6) is 0 Å². The van der Waals surface area contributed by atoms with Gasteiger partial charge in [-0.15, -0.1) is 0 Å². The second-order valence-corrected chi connectivity index (χ2v) is 4.30. The van der Waals surface area contributed by atoms with Crippen LogP contribution in [0, 0.1) is 5.92 Å². The lowest BCUT2D eigenvalue weighted by atomic mass is 10.2. The molecule has 0 aliphatic heterocycles. The number of hydrogen-bond acceptors (Lipinski definition) is 3. The van der Waals surface area contributed by atoms with Crippen molar-refractivity contribution >= 4 is 11.9 Å². The van der Waals surface area contributed by atoms with Crippen molar-refractivity contribution in [1.82, 2.24) is 15.3 Å². The van der Waals surface area contributed by atoms with Gasteiger partial charge >= 0.3 is 5.97 Å². The van der Waals surface area contributed by atoms with Gasteiger partial charge in [-0.2, -0.15) is 0 Å². The van der Waals surface area contributed by atoms with Gasteiger partial charge in [0.05, 0.1) is 6.33 Å². The van der Waals surface area contributed by atoms with Gasteiger partial charge in [-0.25, -0.2) is 9.78 Å². The first-order valence-electron chi connectivity index (χ1n) is 5.71. The van der Waals surface area contributed by atoms with Crippen molar-refractivity contribution in [2.24, 2.45) is 5.92 Å². The minimum Gasteiger partial charge on any atom is -0.477 e. The van der Waals surface area contributed by atoms with Gasteiger partial charge < -0.3 is 15.4 Å². The molecule has 2 unspecified atom stereocenters. The first-order valence-corrected chi connectivity index (χ1v) is 5.71. The highest BCUT2D eigenvalue weighted by molar-refractivity contribution is 6.02. The molecule has 0 bridgehead atoms. The SMILES string of the molecule is CCCC1CC1NC(=O)c1nc[nH]c1C(=O)O. The molecule has 1 saturated carbocycles. The molecule has 1 amide bonds. The number of amides is 1. The second-order valence-electron chi connectivity index (χ2n) is 4.30. The third-order valence-corrected chi connectivity index (χ3v) is 2.97. The van der Waals surface area contributed by atoms with Gasteiger partial charge in [0.1, 0.15) is 0 Å². The molecule has 17 heavy (non-hydrogen) atoms. The number of carboxylic acids is 1. The number of carboxylic acid groups (broad SMARTS) is 1. The fraction of sp³-hybridized carbons (Fsp3) is 0.545. The normalized spacial score (nSPS) is 22.2. The molecular weight excluding hydrogens is 222 g/mol. The molecule has 0 saturated heterocycles. The first-order chi connectivity index (χ1) is 8.13. The van der Waals surface area contributed by atoms with E-state index >= 15 is 0 Å². The zero-order chi connectivity index (χ0) is 12.4. The molecule has 6 nitrogen and oxygen atoms in total. The minimum atomic E-state index is -1.17. The van der Waals surface area contributed by atoms with Gasteiger partial charge in [-0.1, -0.05) is 13.3 Å². The van der Waals surface area contributed by atoms with Crippen LogP contribution >= 0.6 is 0 Å². The van der Waals surface area contributed by atoms with Crippen LogP contribution in [0.2, 0.25) is 0 Å². The Bertz CT molecular complexity index is 441. The topological polar surface area (TPSA) is 95.1 Å². The zero-order valence-corrected chi connectivity index (χ0v) is 9.56. The lowest BCUT2D eigenvalue weighted by Gasteiger charge is -2.02. The molecule has 0 radical (unpaired) electrons. The molecule has 1 heterocycles. The third kappa shape index (κ3) is 2.46. The Kier molecular flexibility index (Phi) is 3.12. The summed E-state index contributed by atoms with van der Waals surface area (Å²) in [6, 6.07) is 0.181. The van der Waals surface area contributed by atoms with Crippen molar-refractivity contribution in [3.63, 3.8) is 0 Å². The number of carbonyl (C=O) groups excluding carboxylic acids is 1. The Morgan fingerprint density at radius 3 is 3.06 bits per heavy atom. The van der Waals surface area contributed by atoms with Gasteiger partial charge in [0.25, 0.3) is 5.91 Å². The van der Waals surface area contributed by atoms with Crippen LogP contribution in [0.15, 0.2) is 6.33 Å². The maximum atomic E-state index is 11.8. The smallest absolute Gasteiger partial charge is 0.354 e. The largest absolute Gasteiger partial charge is 0.477 e. The summed E-state index contributed by atoms with van der Waals surface area (Å²) in [5.74, 6) is -1.04. The van der Waals surface area contributed by atoms with Crippen LogP contribution in [0.4, 0.5) is 0 Å². The summed E-state index contributed by atoms with van der Waals surface area (Å²) in [6.07, 6.45) is 4.39. The van der Waals surface area contributed by atoms with Crippen LogP contribution in [0.1, 0.15) is 47.2 Å². The number of aromatic carboxylic acids is 1. The number of H-pyrrole nitrogens is 1. The Morgan fingerprint density at radius 2 is 2.41 bits per heavy atom. The molecule has 92 valence electrons. The summed E-state index contributed by atoms with van der Waals surface area (Å²) in [5, 5.41) is 11.6. The first kappa shape index (κ1) is 11.6. The maximum Gasteiger partial charge on any atom is 0.354 e. The van der Waals surface area contributed by atoms with Gasteiger partial charge in [-0.05, 0) is 18.8 Å². The van der Waals surface area contributed by atoms with Crippen LogP contribution < -0.4 is 5.32 Å². The number of carbonyl (C=O) groups is 2. The van der Waals surface area contributed by atoms with Crippen LogP contribution in [0.3, 0.4) is 0 Å². The summed E-state index contributed by atoms with van der Waals surface area (Å²) in [5.41, 5.74) is -0.199. The minimum absolute atomic E-state index is 0.0420. The Balaban J connectivity index is 1.96.